The second kappa shape index (κ2) is 6.68. The van der Waals surface area contributed by atoms with Crippen LogP contribution in [0.2, 0.25) is 0 Å². The standard InChI is InChI=1S/C18H18N2/c1-3-5-7-14(4-2)13-20-18-11-10-16-15(12-19)8-6-9-17(16)18/h3-9H,2,10-11,13H2,1H3/b5-3-,14-7+,20-18+. The smallest absolute Gasteiger partial charge is 0.0994 e. The molecule has 0 unspecified atom stereocenters. The van der Waals surface area contributed by atoms with E-state index in [0.29, 0.717) is 6.54 Å². The van der Waals surface area contributed by atoms with Crippen LogP contribution < -0.4 is 0 Å². The molecule has 0 spiro atoms. The number of nitrogens with zero attached hydrogens (tertiary/aromatic N) is 2. The van der Waals surface area contributed by atoms with E-state index in [1.165, 1.54) is 0 Å². The second-order valence-electron chi connectivity index (χ2n) is 4.68. The number of hydrogen-bond donors (Lipinski definition) is 0. The van der Waals surface area contributed by atoms with E-state index in [4.69, 9.17) is 10.3 Å². The first-order valence-corrected chi connectivity index (χ1v) is 6.80. The molecule has 0 radical (unpaired) electrons. The monoisotopic (exact) mass is 262 g/mol. The third-order valence-electron chi connectivity index (χ3n) is 3.44. The summed E-state index contributed by atoms with van der Waals surface area (Å²) in [6.07, 6.45) is 9.68. The quantitative estimate of drug-likeness (QED) is 0.756. The molecule has 1 aliphatic carbocycles. The van der Waals surface area contributed by atoms with Crippen molar-refractivity contribution < 1.29 is 0 Å². The Bertz CT molecular complexity index is 640. The van der Waals surface area contributed by atoms with Gasteiger partial charge < -0.3 is 0 Å². The van der Waals surface area contributed by atoms with Gasteiger partial charge in [-0.05, 0) is 37.0 Å². The fourth-order valence-electron chi connectivity index (χ4n) is 2.37. The molecule has 0 N–H and O–H groups in total. The molecule has 100 valence electrons. The number of fused-ring (bicyclic) bond motifs is 1. The lowest BCUT2D eigenvalue weighted by Crippen LogP contribution is -1.98. The van der Waals surface area contributed by atoms with Gasteiger partial charge in [0.15, 0.2) is 0 Å². The molecule has 0 fully saturated rings. The molecule has 1 aromatic rings. The lowest BCUT2D eigenvalue weighted by Gasteiger charge is -2.02. The summed E-state index contributed by atoms with van der Waals surface area (Å²) in [6.45, 7) is 6.44. The van der Waals surface area contributed by atoms with E-state index in [0.717, 1.165) is 40.8 Å². The van der Waals surface area contributed by atoms with E-state index in [9.17, 15) is 0 Å². The van der Waals surface area contributed by atoms with Crippen LogP contribution in [0.1, 0.15) is 30.0 Å². The van der Waals surface area contributed by atoms with Gasteiger partial charge in [-0.2, -0.15) is 5.26 Å². The molecule has 0 saturated carbocycles. The SMILES string of the molecule is C=C/C(=C\C=C/C)C/N=C1\CCc2c(C#N)cccc21. The number of benzene rings is 1. The summed E-state index contributed by atoms with van der Waals surface area (Å²) in [4.78, 5) is 4.70. The molecular formula is C18H18N2. The van der Waals surface area contributed by atoms with E-state index in [1.54, 1.807) is 0 Å². The first kappa shape index (κ1) is 14.0. The van der Waals surface area contributed by atoms with Crippen molar-refractivity contribution in [2.45, 2.75) is 19.8 Å². The molecule has 1 aliphatic rings. The first-order valence-electron chi connectivity index (χ1n) is 6.80. The van der Waals surface area contributed by atoms with Gasteiger partial charge in [0.2, 0.25) is 0 Å². The third-order valence-corrected chi connectivity index (χ3v) is 3.44. The second-order valence-corrected chi connectivity index (χ2v) is 4.68. The van der Waals surface area contributed by atoms with Crippen LogP contribution in [0, 0.1) is 11.3 Å². The molecule has 0 heterocycles. The molecule has 2 heteroatoms. The maximum absolute atomic E-state index is 9.12. The normalized spacial score (nSPS) is 16.4. The minimum Gasteiger partial charge on any atom is -0.284 e. The average molecular weight is 262 g/mol. The van der Waals surface area contributed by atoms with Gasteiger partial charge in [-0.3, -0.25) is 4.99 Å². The topological polar surface area (TPSA) is 36.1 Å². The Hall–Kier alpha value is -2.40. The Labute approximate surface area is 120 Å². The van der Waals surface area contributed by atoms with Crippen LogP contribution in [0.4, 0.5) is 0 Å². The summed E-state index contributed by atoms with van der Waals surface area (Å²) in [5.74, 6) is 0. The van der Waals surface area contributed by atoms with Crippen LogP contribution in [0.3, 0.4) is 0 Å². The maximum atomic E-state index is 9.12. The van der Waals surface area contributed by atoms with Gasteiger partial charge in [0.1, 0.15) is 0 Å². The van der Waals surface area contributed by atoms with Crippen molar-refractivity contribution >= 4 is 5.71 Å². The zero-order chi connectivity index (χ0) is 14.4. The van der Waals surface area contributed by atoms with Crippen LogP contribution >= 0.6 is 0 Å². The summed E-state index contributed by atoms with van der Waals surface area (Å²) in [5.41, 5.74) is 5.26. The zero-order valence-corrected chi connectivity index (χ0v) is 11.8. The van der Waals surface area contributed by atoms with E-state index in [-0.39, 0.29) is 0 Å². The van der Waals surface area contributed by atoms with Crippen molar-refractivity contribution in [2.75, 3.05) is 6.54 Å². The molecule has 0 saturated heterocycles. The van der Waals surface area contributed by atoms with Crippen LogP contribution in [0.5, 0.6) is 0 Å². The minimum absolute atomic E-state index is 0.638. The molecule has 20 heavy (non-hydrogen) atoms. The summed E-state index contributed by atoms with van der Waals surface area (Å²) >= 11 is 0. The van der Waals surface area contributed by atoms with Crippen LogP contribution in [0.15, 0.2) is 59.6 Å². The van der Waals surface area contributed by atoms with E-state index >= 15 is 0 Å². The van der Waals surface area contributed by atoms with E-state index in [1.807, 2.05) is 43.4 Å². The molecule has 0 atom stereocenters. The van der Waals surface area contributed by atoms with Gasteiger partial charge in [-0.25, -0.2) is 0 Å². The van der Waals surface area contributed by atoms with Gasteiger partial charge in [-0.15, -0.1) is 0 Å². The Kier molecular flexibility index (Phi) is 4.68. The Balaban J connectivity index is 2.24. The van der Waals surface area contributed by atoms with Gasteiger partial charge >= 0.3 is 0 Å². The van der Waals surface area contributed by atoms with Gasteiger partial charge in [0, 0.05) is 11.3 Å². The summed E-state index contributed by atoms with van der Waals surface area (Å²) < 4.78 is 0. The number of rotatable bonds is 4. The third kappa shape index (κ3) is 2.95. The Morgan fingerprint density at radius 3 is 3.00 bits per heavy atom. The molecule has 0 aliphatic heterocycles. The highest BCUT2D eigenvalue weighted by Crippen LogP contribution is 2.25. The lowest BCUT2D eigenvalue weighted by molar-refractivity contribution is 1.07. The van der Waals surface area contributed by atoms with Gasteiger partial charge in [-0.1, -0.05) is 43.0 Å². The predicted octanol–water partition coefficient (Wildman–Crippen LogP) is 3.98. The van der Waals surface area contributed by atoms with E-state index < -0.39 is 0 Å². The highest BCUT2D eigenvalue weighted by Gasteiger charge is 2.19. The zero-order valence-electron chi connectivity index (χ0n) is 11.8. The van der Waals surface area contributed by atoms with Crippen molar-refractivity contribution in [3.8, 4) is 6.07 Å². The minimum atomic E-state index is 0.638. The van der Waals surface area contributed by atoms with Crippen molar-refractivity contribution in [1.82, 2.24) is 0 Å². The van der Waals surface area contributed by atoms with Crippen molar-refractivity contribution in [1.29, 1.82) is 5.26 Å². The molecule has 0 amide bonds. The first-order chi connectivity index (χ1) is 9.80. The lowest BCUT2D eigenvalue weighted by atomic mass is 10.0. The van der Waals surface area contributed by atoms with Crippen LogP contribution in [-0.4, -0.2) is 12.3 Å². The van der Waals surface area contributed by atoms with Crippen LogP contribution in [-0.2, 0) is 6.42 Å². The molecule has 2 rings (SSSR count). The largest absolute Gasteiger partial charge is 0.284 e. The van der Waals surface area contributed by atoms with Crippen molar-refractivity contribution in [3.63, 3.8) is 0 Å². The molecule has 0 aromatic heterocycles. The number of aliphatic imine (C=N–C) groups is 1. The van der Waals surface area contributed by atoms with Crippen molar-refractivity contribution in [3.05, 3.63) is 71.3 Å². The average Bonchev–Trinajstić information content (AvgIpc) is 2.90. The summed E-state index contributed by atoms with van der Waals surface area (Å²) in [6, 6.07) is 8.13. The highest BCUT2D eigenvalue weighted by molar-refractivity contribution is 6.05. The number of allylic oxidation sites excluding steroid dienone is 3. The molecule has 1 aromatic carbocycles. The highest BCUT2D eigenvalue weighted by atomic mass is 14.7. The van der Waals surface area contributed by atoms with Crippen LogP contribution in [0.25, 0.3) is 0 Å². The van der Waals surface area contributed by atoms with Gasteiger partial charge in [0.25, 0.3) is 0 Å². The Morgan fingerprint density at radius 2 is 2.30 bits per heavy atom. The Morgan fingerprint density at radius 1 is 1.45 bits per heavy atom. The maximum Gasteiger partial charge on any atom is 0.0994 e. The number of nitriles is 1. The predicted molar refractivity (Wildman–Crippen MR) is 84.0 cm³/mol. The number of hydrogen-bond acceptors (Lipinski definition) is 2. The molecule has 2 nitrogen and oxygen atoms in total. The summed E-state index contributed by atoms with van der Waals surface area (Å²) in [7, 11) is 0. The fraction of sp³-hybridized carbons (Fsp3) is 0.222. The molecule has 0 bridgehead atoms. The molecular weight excluding hydrogens is 244 g/mol. The van der Waals surface area contributed by atoms with E-state index in [2.05, 4.69) is 18.7 Å². The van der Waals surface area contributed by atoms with Gasteiger partial charge in [0.05, 0.1) is 18.2 Å². The van der Waals surface area contributed by atoms with Crippen molar-refractivity contribution in [2.24, 2.45) is 4.99 Å². The summed E-state index contributed by atoms with van der Waals surface area (Å²) in [5, 5.41) is 9.12. The fourth-order valence-corrected chi connectivity index (χ4v) is 2.37.